The van der Waals surface area contributed by atoms with E-state index in [2.05, 4.69) is 42.7 Å². The molecule has 0 spiro atoms. The molecule has 29 heavy (non-hydrogen) atoms. The molecule has 0 bridgehead atoms. The van der Waals surface area contributed by atoms with Crippen molar-refractivity contribution < 1.29 is 14.2 Å². The Hall–Kier alpha value is -2.73. The maximum Gasteiger partial charge on any atom is 0.191 e. The normalized spacial score (nSPS) is 16.5. The molecule has 0 aliphatic carbocycles. The molecule has 1 atom stereocenters. The first kappa shape index (κ1) is 21.0. The molecule has 1 unspecified atom stereocenters. The first-order valence-electron chi connectivity index (χ1n) is 10.2. The van der Waals surface area contributed by atoms with Gasteiger partial charge < -0.3 is 24.8 Å². The van der Waals surface area contributed by atoms with Crippen LogP contribution in [0.2, 0.25) is 0 Å². The van der Waals surface area contributed by atoms with E-state index in [9.17, 15) is 0 Å². The molecular weight excluding hydrogens is 366 g/mol. The lowest BCUT2D eigenvalue weighted by atomic mass is 10.1. The molecule has 3 rings (SSSR count). The van der Waals surface area contributed by atoms with Gasteiger partial charge in [0.2, 0.25) is 0 Å². The number of hydrogen-bond donors (Lipinski definition) is 2. The Kier molecular flexibility index (Phi) is 7.76. The van der Waals surface area contributed by atoms with E-state index >= 15 is 0 Å². The van der Waals surface area contributed by atoms with Gasteiger partial charge >= 0.3 is 0 Å². The SMILES string of the molecule is CCNC(=NCc1cccc(OC)c1)NCc1ccc(C)cc1OC1CCOC1. The topological polar surface area (TPSA) is 64.1 Å². The highest BCUT2D eigenvalue weighted by Crippen LogP contribution is 2.23. The fraction of sp³-hybridized carbons (Fsp3) is 0.435. The summed E-state index contributed by atoms with van der Waals surface area (Å²) in [4.78, 5) is 4.70. The zero-order valence-corrected chi connectivity index (χ0v) is 17.5. The highest BCUT2D eigenvalue weighted by atomic mass is 16.5. The molecule has 6 nitrogen and oxygen atoms in total. The molecule has 2 aromatic rings. The van der Waals surface area contributed by atoms with Crippen LogP contribution in [0.5, 0.6) is 11.5 Å². The van der Waals surface area contributed by atoms with Crippen LogP contribution in [0.1, 0.15) is 30.0 Å². The Balaban J connectivity index is 1.66. The van der Waals surface area contributed by atoms with E-state index in [0.717, 1.165) is 48.2 Å². The highest BCUT2D eigenvalue weighted by Gasteiger charge is 2.18. The van der Waals surface area contributed by atoms with Gasteiger partial charge in [0.25, 0.3) is 0 Å². The zero-order chi connectivity index (χ0) is 20.5. The Morgan fingerprint density at radius 2 is 2.10 bits per heavy atom. The van der Waals surface area contributed by atoms with Crippen LogP contribution in [0.15, 0.2) is 47.5 Å². The van der Waals surface area contributed by atoms with Crippen molar-refractivity contribution in [1.29, 1.82) is 0 Å². The van der Waals surface area contributed by atoms with E-state index in [-0.39, 0.29) is 6.10 Å². The third-order valence-electron chi connectivity index (χ3n) is 4.75. The molecule has 0 radical (unpaired) electrons. The average Bonchev–Trinajstić information content (AvgIpc) is 3.24. The van der Waals surface area contributed by atoms with Crippen molar-refractivity contribution in [2.24, 2.45) is 4.99 Å². The van der Waals surface area contributed by atoms with Crippen molar-refractivity contribution in [2.45, 2.75) is 39.5 Å². The first-order chi connectivity index (χ1) is 14.2. The summed E-state index contributed by atoms with van der Waals surface area (Å²) in [6.07, 6.45) is 1.07. The van der Waals surface area contributed by atoms with Crippen molar-refractivity contribution in [1.82, 2.24) is 10.6 Å². The lowest BCUT2D eigenvalue weighted by Crippen LogP contribution is -2.37. The van der Waals surface area contributed by atoms with E-state index in [1.807, 2.05) is 24.3 Å². The number of rotatable bonds is 8. The summed E-state index contributed by atoms with van der Waals surface area (Å²) in [6.45, 7) is 7.56. The summed E-state index contributed by atoms with van der Waals surface area (Å²) in [5.74, 6) is 2.52. The molecule has 1 saturated heterocycles. The summed E-state index contributed by atoms with van der Waals surface area (Å²) in [5.41, 5.74) is 3.39. The van der Waals surface area contributed by atoms with Gasteiger partial charge in [-0.05, 0) is 43.2 Å². The number of methoxy groups -OCH3 is 1. The second kappa shape index (κ2) is 10.7. The minimum absolute atomic E-state index is 0.130. The van der Waals surface area contributed by atoms with Crippen LogP contribution >= 0.6 is 0 Å². The molecule has 156 valence electrons. The molecule has 2 aromatic carbocycles. The number of nitrogens with zero attached hydrogens (tertiary/aromatic N) is 1. The van der Waals surface area contributed by atoms with E-state index < -0.39 is 0 Å². The number of aliphatic imine (C=N–C) groups is 1. The van der Waals surface area contributed by atoms with Gasteiger partial charge in [0.15, 0.2) is 5.96 Å². The van der Waals surface area contributed by atoms with E-state index in [1.165, 1.54) is 5.56 Å². The van der Waals surface area contributed by atoms with Gasteiger partial charge in [-0.15, -0.1) is 0 Å². The van der Waals surface area contributed by atoms with Gasteiger partial charge in [0.1, 0.15) is 17.6 Å². The summed E-state index contributed by atoms with van der Waals surface area (Å²) >= 11 is 0. The number of guanidine groups is 1. The predicted molar refractivity (Wildman–Crippen MR) is 116 cm³/mol. The lowest BCUT2D eigenvalue weighted by Gasteiger charge is -2.18. The Morgan fingerprint density at radius 3 is 2.86 bits per heavy atom. The largest absolute Gasteiger partial charge is 0.497 e. The third-order valence-corrected chi connectivity index (χ3v) is 4.75. The van der Waals surface area contributed by atoms with Crippen molar-refractivity contribution in [3.05, 3.63) is 59.2 Å². The Morgan fingerprint density at radius 1 is 1.21 bits per heavy atom. The summed E-state index contributed by atoms with van der Waals surface area (Å²) in [5, 5.41) is 6.72. The van der Waals surface area contributed by atoms with Gasteiger partial charge in [-0.25, -0.2) is 4.99 Å². The molecule has 1 heterocycles. The van der Waals surface area contributed by atoms with E-state index in [0.29, 0.717) is 19.7 Å². The molecule has 1 aliphatic rings. The van der Waals surface area contributed by atoms with E-state index in [1.54, 1.807) is 7.11 Å². The van der Waals surface area contributed by atoms with Gasteiger partial charge in [-0.3, -0.25) is 0 Å². The predicted octanol–water partition coefficient (Wildman–Crippen LogP) is 3.43. The monoisotopic (exact) mass is 397 g/mol. The third kappa shape index (κ3) is 6.39. The summed E-state index contributed by atoms with van der Waals surface area (Å²) < 4.78 is 16.9. The number of nitrogens with one attached hydrogen (secondary N) is 2. The fourth-order valence-corrected chi connectivity index (χ4v) is 3.16. The maximum atomic E-state index is 6.20. The number of benzene rings is 2. The summed E-state index contributed by atoms with van der Waals surface area (Å²) in [7, 11) is 1.67. The van der Waals surface area contributed by atoms with Crippen molar-refractivity contribution in [3.63, 3.8) is 0 Å². The van der Waals surface area contributed by atoms with Crippen LogP contribution in [0.25, 0.3) is 0 Å². The van der Waals surface area contributed by atoms with Crippen molar-refractivity contribution in [3.8, 4) is 11.5 Å². The number of aryl methyl sites for hydroxylation is 1. The molecule has 2 N–H and O–H groups in total. The fourth-order valence-electron chi connectivity index (χ4n) is 3.16. The van der Waals surface area contributed by atoms with Crippen molar-refractivity contribution >= 4 is 5.96 Å². The Bertz CT molecular complexity index is 817. The van der Waals surface area contributed by atoms with Gasteiger partial charge in [0.05, 0.1) is 26.9 Å². The molecular formula is C23H31N3O3. The quantitative estimate of drug-likeness (QED) is 0.528. The van der Waals surface area contributed by atoms with Crippen molar-refractivity contribution in [2.75, 3.05) is 26.9 Å². The molecule has 0 aromatic heterocycles. The van der Waals surface area contributed by atoms with Crippen LogP contribution in [-0.4, -0.2) is 38.9 Å². The lowest BCUT2D eigenvalue weighted by molar-refractivity contribution is 0.140. The molecule has 0 saturated carbocycles. The van der Waals surface area contributed by atoms with Gasteiger partial charge in [-0.2, -0.15) is 0 Å². The van der Waals surface area contributed by atoms with Crippen LogP contribution < -0.4 is 20.1 Å². The molecule has 1 fully saturated rings. The van der Waals surface area contributed by atoms with Crippen LogP contribution in [0, 0.1) is 6.92 Å². The smallest absolute Gasteiger partial charge is 0.191 e. The van der Waals surface area contributed by atoms with E-state index in [4.69, 9.17) is 19.2 Å². The summed E-state index contributed by atoms with van der Waals surface area (Å²) in [6, 6.07) is 14.3. The minimum atomic E-state index is 0.130. The van der Waals surface area contributed by atoms with Crippen LogP contribution in [0.4, 0.5) is 0 Å². The van der Waals surface area contributed by atoms with Gasteiger partial charge in [-0.1, -0.05) is 24.3 Å². The van der Waals surface area contributed by atoms with Crippen LogP contribution in [-0.2, 0) is 17.8 Å². The molecule has 0 amide bonds. The molecule has 6 heteroatoms. The second-order valence-corrected chi connectivity index (χ2v) is 7.11. The molecule has 1 aliphatic heterocycles. The number of hydrogen-bond acceptors (Lipinski definition) is 4. The van der Waals surface area contributed by atoms with Crippen LogP contribution in [0.3, 0.4) is 0 Å². The highest BCUT2D eigenvalue weighted by molar-refractivity contribution is 5.79. The first-order valence-corrected chi connectivity index (χ1v) is 10.2. The average molecular weight is 398 g/mol. The number of ether oxygens (including phenoxy) is 3. The maximum absolute atomic E-state index is 6.20. The van der Waals surface area contributed by atoms with Gasteiger partial charge in [0, 0.05) is 25.1 Å². The minimum Gasteiger partial charge on any atom is -0.497 e. The zero-order valence-electron chi connectivity index (χ0n) is 17.5. The second-order valence-electron chi connectivity index (χ2n) is 7.11. The standard InChI is InChI=1S/C23H31N3O3/c1-4-24-23(25-14-18-6-5-7-20(13-18)27-3)26-15-19-9-8-17(2)12-22(19)29-21-10-11-28-16-21/h5-9,12-13,21H,4,10-11,14-16H2,1-3H3,(H2,24,25,26). The Labute approximate surface area is 173 Å².